The van der Waals surface area contributed by atoms with Gasteiger partial charge in [0.05, 0.1) is 25.5 Å². The number of nitrogens with one attached hydrogen (secondary N) is 1. The van der Waals surface area contributed by atoms with Crippen molar-refractivity contribution in [3.63, 3.8) is 0 Å². The third kappa shape index (κ3) is 3.02. The molecule has 0 bridgehead atoms. The molecule has 2 aromatic rings. The van der Waals surface area contributed by atoms with E-state index in [0.717, 1.165) is 16.3 Å². The molecule has 0 amide bonds. The minimum absolute atomic E-state index is 0.0587. The van der Waals surface area contributed by atoms with Gasteiger partial charge >= 0.3 is 0 Å². The summed E-state index contributed by atoms with van der Waals surface area (Å²) >= 11 is 7.70. The van der Waals surface area contributed by atoms with E-state index < -0.39 is 0 Å². The molecule has 2 aromatic heterocycles. The van der Waals surface area contributed by atoms with Crippen LogP contribution in [0.1, 0.15) is 11.4 Å². The van der Waals surface area contributed by atoms with Crippen LogP contribution in [0, 0.1) is 6.92 Å². The summed E-state index contributed by atoms with van der Waals surface area (Å²) in [5.41, 5.74) is 2.12. The zero-order valence-corrected chi connectivity index (χ0v) is 11.7. The van der Waals surface area contributed by atoms with Gasteiger partial charge in [0.15, 0.2) is 10.1 Å². The van der Waals surface area contributed by atoms with E-state index in [2.05, 4.69) is 20.1 Å². The number of aliphatic hydroxyl groups excluding tert-OH is 1. The minimum Gasteiger partial charge on any atom is -0.394 e. The molecule has 0 fully saturated rings. The van der Waals surface area contributed by atoms with E-state index in [4.69, 9.17) is 21.4 Å². The van der Waals surface area contributed by atoms with Gasteiger partial charge in [-0.3, -0.25) is 4.40 Å². The standard InChI is InChI=1S/C11H16ClN3O2S/c1-8-7-18-11-14-10(12)9(15(8)11)6-13-2-4-17-5-3-16/h7,13,16H,2-6H2,1H3. The van der Waals surface area contributed by atoms with Crippen molar-refractivity contribution in [1.29, 1.82) is 0 Å². The van der Waals surface area contributed by atoms with Crippen molar-refractivity contribution >= 4 is 27.9 Å². The lowest BCUT2D eigenvalue weighted by Gasteiger charge is -2.05. The van der Waals surface area contributed by atoms with Crippen molar-refractivity contribution in [2.75, 3.05) is 26.4 Å². The predicted octanol–water partition coefficient (Wildman–Crippen LogP) is 1.46. The van der Waals surface area contributed by atoms with Crippen LogP contribution in [0.4, 0.5) is 0 Å². The summed E-state index contributed by atoms with van der Waals surface area (Å²) in [4.78, 5) is 5.23. The molecule has 0 aromatic carbocycles. The first-order valence-electron chi connectivity index (χ1n) is 5.74. The number of ether oxygens (including phenoxy) is 1. The second kappa shape index (κ2) is 6.49. The molecule has 18 heavy (non-hydrogen) atoms. The first kappa shape index (κ1) is 13.8. The minimum atomic E-state index is 0.0587. The van der Waals surface area contributed by atoms with Crippen molar-refractivity contribution in [1.82, 2.24) is 14.7 Å². The van der Waals surface area contributed by atoms with E-state index >= 15 is 0 Å². The first-order chi connectivity index (χ1) is 8.74. The number of halogens is 1. The van der Waals surface area contributed by atoms with Crippen molar-refractivity contribution in [3.8, 4) is 0 Å². The second-order valence-corrected chi connectivity index (χ2v) is 5.05. The average molecular weight is 290 g/mol. The topological polar surface area (TPSA) is 58.8 Å². The Bertz CT molecular complexity index is 512. The molecule has 0 unspecified atom stereocenters. The third-order valence-electron chi connectivity index (χ3n) is 2.53. The average Bonchev–Trinajstić information content (AvgIpc) is 2.85. The van der Waals surface area contributed by atoms with Crippen LogP contribution in [-0.4, -0.2) is 40.9 Å². The van der Waals surface area contributed by atoms with Crippen LogP contribution in [-0.2, 0) is 11.3 Å². The molecule has 0 aliphatic heterocycles. The molecule has 100 valence electrons. The maximum Gasteiger partial charge on any atom is 0.195 e. The van der Waals surface area contributed by atoms with E-state index in [9.17, 15) is 0 Å². The number of thiazole rings is 1. The highest BCUT2D eigenvalue weighted by Gasteiger charge is 2.12. The molecule has 0 radical (unpaired) electrons. The Labute approximate surface area is 114 Å². The smallest absolute Gasteiger partial charge is 0.195 e. The van der Waals surface area contributed by atoms with E-state index in [1.807, 2.05) is 6.92 Å². The van der Waals surface area contributed by atoms with E-state index in [-0.39, 0.29) is 6.61 Å². The Kier molecular flexibility index (Phi) is 4.96. The van der Waals surface area contributed by atoms with Gasteiger partial charge in [0, 0.05) is 24.2 Å². The molecular weight excluding hydrogens is 274 g/mol. The van der Waals surface area contributed by atoms with E-state index in [1.54, 1.807) is 11.3 Å². The van der Waals surface area contributed by atoms with Crippen molar-refractivity contribution < 1.29 is 9.84 Å². The maximum atomic E-state index is 8.56. The van der Waals surface area contributed by atoms with Gasteiger partial charge in [-0.15, -0.1) is 11.3 Å². The van der Waals surface area contributed by atoms with Gasteiger partial charge in [0.25, 0.3) is 0 Å². The fraction of sp³-hybridized carbons (Fsp3) is 0.545. The molecule has 2 rings (SSSR count). The molecule has 2 heterocycles. The van der Waals surface area contributed by atoms with Crippen LogP contribution in [0.2, 0.25) is 5.15 Å². The highest BCUT2D eigenvalue weighted by atomic mass is 35.5. The molecule has 0 aliphatic rings. The molecule has 0 saturated heterocycles. The van der Waals surface area contributed by atoms with Crippen LogP contribution in [0.25, 0.3) is 4.96 Å². The number of aromatic nitrogens is 2. The molecule has 0 spiro atoms. The number of hydrogen-bond donors (Lipinski definition) is 2. The van der Waals surface area contributed by atoms with Gasteiger partial charge in [-0.2, -0.15) is 0 Å². The Balaban J connectivity index is 1.91. The summed E-state index contributed by atoms with van der Waals surface area (Å²) in [7, 11) is 0. The first-order valence-corrected chi connectivity index (χ1v) is 7.00. The molecule has 2 N–H and O–H groups in total. The largest absolute Gasteiger partial charge is 0.394 e. The van der Waals surface area contributed by atoms with E-state index in [1.165, 1.54) is 0 Å². The highest BCUT2D eigenvalue weighted by Crippen LogP contribution is 2.23. The number of aryl methyl sites for hydroxylation is 1. The quantitative estimate of drug-likeness (QED) is 0.758. The Morgan fingerprint density at radius 2 is 2.39 bits per heavy atom. The lowest BCUT2D eigenvalue weighted by molar-refractivity contribution is 0.0937. The fourth-order valence-electron chi connectivity index (χ4n) is 1.71. The zero-order valence-electron chi connectivity index (χ0n) is 10.1. The molecule has 5 nitrogen and oxygen atoms in total. The van der Waals surface area contributed by atoms with Crippen LogP contribution >= 0.6 is 22.9 Å². The van der Waals surface area contributed by atoms with Crippen molar-refractivity contribution in [2.45, 2.75) is 13.5 Å². The molecule has 0 saturated carbocycles. The van der Waals surface area contributed by atoms with Crippen molar-refractivity contribution in [3.05, 3.63) is 21.9 Å². The van der Waals surface area contributed by atoms with Gasteiger partial charge in [0.1, 0.15) is 0 Å². The fourth-order valence-corrected chi connectivity index (χ4v) is 2.88. The maximum absolute atomic E-state index is 8.56. The van der Waals surface area contributed by atoms with E-state index in [0.29, 0.717) is 31.5 Å². The summed E-state index contributed by atoms with van der Waals surface area (Å²) in [6.07, 6.45) is 0. The van der Waals surface area contributed by atoms with Crippen LogP contribution < -0.4 is 5.32 Å². The van der Waals surface area contributed by atoms with Gasteiger partial charge < -0.3 is 15.2 Å². The lowest BCUT2D eigenvalue weighted by atomic mass is 10.4. The van der Waals surface area contributed by atoms with Gasteiger partial charge in [0.2, 0.25) is 0 Å². The van der Waals surface area contributed by atoms with Gasteiger partial charge in [-0.05, 0) is 6.92 Å². The summed E-state index contributed by atoms with van der Waals surface area (Å²) in [5.74, 6) is 0. The summed E-state index contributed by atoms with van der Waals surface area (Å²) in [6.45, 7) is 4.41. The van der Waals surface area contributed by atoms with Gasteiger partial charge in [-0.1, -0.05) is 11.6 Å². The summed E-state index contributed by atoms with van der Waals surface area (Å²) in [6, 6.07) is 0. The van der Waals surface area contributed by atoms with Crippen molar-refractivity contribution in [2.24, 2.45) is 0 Å². The number of fused-ring (bicyclic) bond motifs is 1. The number of imidazole rings is 1. The number of aliphatic hydroxyl groups is 1. The normalized spacial score (nSPS) is 11.5. The monoisotopic (exact) mass is 289 g/mol. The number of nitrogens with zero attached hydrogens (tertiary/aromatic N) is 2. The SMILES string of the molecule is Cc1csc2nc(Cl)c(CNCCOCCO)n12. The number of hydrogen-bond acceptors (Lipinski definition) is 5. The van der Waals surface area contributed by atoms with Gasteiger partial charge in [-0.25, -0.2) is 4.98 Å². The Morgan fingerprint density at radius 3 is 3.17 bits per heavy atom. The Hall–Kier alpha value is -0.660. The highest BCUT2D eigenvalue weighted by molar-refractivity contribution is 7.15. The zero-order chi connectivity index (χ0) is 13.0. The number of rotatable bonds is 7. The molecular formula is C11H16ClN3O2S. The summed E-state index contributed by atoms with van der Waals surface area (Å²) in [5, 5.41) is 14.4. The van der Waals surface area contributed by atoms with Crippen LogP contribution in [0.3, 0.4) is 0 Å². The Morgan fingerprint density at radius 1 is 1.56 bits per heavy atom. The van der Waals surface area contributed by atoms with Crippen LogP contribution in [0.15, 0.2) is 5.38 Å². The summed E-state index contributed by atoms with van der Waals surface area (Å²) < 4.78 is 7.23. The second-order valence-electron chi connectivity index (χ2n) is 3.86. The molecule has 0 aliphatic carbocycles. The van der Waals surface area contributed by atoms with Crippen LogP contribution in [0.5, 0.6) is 0 Å². The molecule has 7 heteroatoms. The molecule has 0 atom stereocenters. The lowest BCUT2D eigenvalue weighted by Crippen LogP contribution is -2.21. The third-order valence-corrected chi connectivity index (χ3v) is 3.78. The predicted molar refractivity (Wildman–Crippen MR) is 72.4 cm³/mol.